The Labute approximate surface area is 193 Å². The Morgan fingerprint density at radius 2 is 1.97 bits per heavy atom. The van der Waals surface area contributed by atoms with Crippen LogP contribution in [0.5, 0.6) is 0 Å². The molecule has 4 rings (SSSR count). The molecule has 11 nitrogen and oxygen atoms in total. The molecular weight excluding hydrogens is 464 g/mol. The number of hydrogen-bond donors (Lipinski definition) is 3. The van der Waals surface area contributed by atoms with E-state index in [1.807, 2.05) is 25.5 Å². The van der Waals surface area contributed by atoms with Crippen molar-refractivity contribution in [1.82, 2.24) is 30.0 Å². The number of aryl methyl sites for hydroxylation is 1. The molecule has 170 valence electrons. The number of aromatic nitrogens is 5. The Kier molecular flexibility index (Phi) is 6.18. The SMILES string of the molecule is CCNC(=O)Nc1cc(-c2nc(-c3cnn(C)c3)cs2)c(-c2cncc(S(N)(=O)=O)c2)cn1. The summed E-state index contributed by atoms with van der Waals surface area (Å²) in [6, 6.07) is 2.71. The van der Waals surface area contributed by atoms with Gasteiger partial charge in [-0.05, 0) is 19.1 Å². The number of pyridine rings is 2. The summed E-state index contributed by atoms with van der Waals surface area (Å²) < 4.78 is 25.3. The molecule has 0 aliphatic heterocycles. The molecule has 0 spiro atoms. The lowest BCUT2D eigenvalue weighted by Gasteiger charge is -2.11. The number of nitrogens with two attached hydrogens (primary N) is 1. The number of nitrogens with one attached hydrogen (secondary N) is 2. The van der Waals surface area contributed by atoms with Gasteiger partial charge in [0, 0.05) is 66.0 Å². The van der Waals surface area contributed by atoms with Crippen molar-refractivity contribution in [2.75, 3.05) is 11.9 Å². The van der Waals surface area contributed by atoms with E-state index in [4.69, 9.17) is 10.1 Å². The number of primary sulfonamides is 1. The minimum absolute atomic E-state index is 0.120. The van der Waals surface area contributed by atoms with Crippen LogP contribution in [0.4, 0.5) is 10.6 Å². The molecule has 4 heterocycles. The highest BCUT2D eigenvalue weighted by molar-refractivity contribution is 7.89. The third-order valence-corrected chi connectivity index (χ3v) is 6.33. The van der Waals surface area contributed by atoms with Gasteiger partial charge in [0.2, 0.25) is 10.0 Å². The van der Waals surface area contributed by atoms with Crippen molar-refractivity contribution >= 4 is 33.2 Å². The highest BCUT2D eigenvalue weighted by Gasteiger charge is 2.17. The lowest BCUT2D eigenvalue weighted by molar-refractivity contribution is 0.252. The molecule has 0 bridgehead atoms. The van der Waals surface area contributed by atoms with E-state index in [1.54, 1.807) is 16.9 Å². The maximum Gasteiger partial charge on any atom is 0.320 e. The smallest absolute Gasteiger partial charge is 0.320 e. The van der Waals surface area contributed by atoms with E-state index < -0.39 is 16.1 Å². The molecule has 33 heavy (non-hydrogen) atoms. The van der Waals surface area contributed by atoms with Gasteiger partial charge in [0.1, 0.15) is 15.7 Å². The van der Waals surface area contributed by atoms with Gasteiger partial charge < -0.3 is 5.32 Å². The molecule has 0 aliphatic carbocycles. The summed E-state index contributed by atoms with van der Waals surface area (Å²) in [5, 5.41) is 17.3. The fraction of sp³-hybridized carbons (Fsp3) is 0.150. The van der Waals surface area contributed by atoms with Crippen LogP contribution in [0.2, 0.25) is 0 Å². The van der Waals surface area contributed by atoms with Gasteiger partial charge in [0.05, 0.1) is 11.9 Å². The summed E-state index contributed by atoms with van der Waals surface area (Å²) in [5.41, 5.74) is 3.31. The Balaban J connectivity index is 1.82. The van der Waals surface area contributed by atoms with Gasteiger partial charge in [0.25, 0.3) is 0 Å². The first-order valence-electron chi connectivity index (χ1n) is 9.72. The first kappa shape index (κ1) is 22.5. The minimum Gasteiger partial charge on any atom is -0.338 e. The van der Waals surface area contributed by atoms with Crippen molar-refractivity contribution in [2.24, 2.45) is 12.2 Å². The van der Waals surface area contributed by atoms with Crippen LogP contribution in [0.25, 0.3) is 33.0 Å². The van der Waals surface area contributed by atoms with E-state index in [2.05, 4.69) is 25.7 Å². The van der Waals surface area contributed by atoms with E-state index in [0.717, 1.165) is 11.3 Å². The highest BCUT2D eigenvalue weighted by Crippen LogP contribution is 2.37. The van der Waals surface area contributed by atoms with Gasteiger partial charge >= 0.3 is 6.03 Å². The van der Waals surface area contributed by atoms with Gasteiger partial charge in [-0.2, -0.15) is 5.10 Å². The number of thiazole rings is 1. The number of carbonyl (C=O) groups is 1. The van der Waals surface area contributed by atoms with E-state index >= 15 is 0 Å². The number of carbonyl (C=O) groups excluding carboxylic acids is 1. The van der Waals surface area contributed by atoms with Gasteiger partial charge in [-0.1, -0.05) is 0 Å². The molecule has 2 amide bonds. The van der Waals surface area contributed by atoms with Crippen LogP contribution in [0.15, 0.2) is 53.4 Å². The number of anilines is 1. The second kappa shape index (κ2) is 9.05. The summed E-state index contributed by atoms with van der Waals surface area (Å²) in [6.07, 6.45) is 7.80. The van der Waals surface area contributed by atoms with Gasteiger partial charge in [0.15, 0.2) is 0 Å². The zero-order chi connectivity index (χ0) is 23.6. The average Bonchev–Trinajstić information content (AvgIpc) is 3.42. The van der Waals surface area contributed by atoms with Crippen LogP contribution in [0.1, 0.15) is 6.92 Å². The van der Waals surface area contributed by atoms with E-state index in [0.29, 0.717) is 34.1 Å². The van der Waals surface area contributed by atoms with Crippen molar-refractivity contribution in [2.45, 2.75) is 11.8 Å². The number of urea groups is 1. The molecule has 0 aromatic carbocycles. The van der Waals surface area contributed by atoms with Crippen LogP contribution >= 0.6 is 11.3 Å². The predicted octanol–water partition coefficient (Wildman–Crippen LogP) is 2.46. The number of amides is 2. The van der Waals surface area contributed by atoms with Crippen molar-refractivity contribution in [3.05, 3.63) is 48.5 Å². The fourth-order valence-electron chi connectivity index (χ4n) is 3.06. The van der Waals surface area contributed by atoms with Crippen LogP contribution in [-0.2, 0) is 17.1 Å². The zero-order valence-electron chi connectivity index (χ0n) is 17.7. The van der Waals surface area contributed by atoms with Crippen LogP contribution in [0.3, 0.4) is 0 Å². The van der Waals surface area contributed by atoms with E-state index in [-0.39, 0.29) is 4.90 Å². The first-order valence-corrected chi connectivity index (χ1v) is 12.1. The minimum atomic E-state index is -3.94. The van der Waals surface area contributed by atoms with Crippen LogP contribution in [-0.4, -0.2) is 45.7 Å². The van der Waals surface area contributed by atoms with Crippen LogP contribution in [0, 0.1) is 0 Å². The van der Waals surface area contributed by atoms with E-state index in [1.165, 1.54) is 36.0 Å². The quantitative estimate of drug-likeness (QED) is 0.379. The standard InChI is InChI=1S/C20H20N8O3S2/c1-3-23-20(29)27-18-5-15(19-26-17(11-32-19)13-7-25-28(2)10-13)16(9-24-18)12-4-14(8-22-6-12)33(21,30)31/h4-11H,3H2,1-2H3,(H2,21,30,31)(H2,23,24,27,29). The third-order valence-electron chi connectivity index (χ3n) is 4.57. The number of rotatable bonds is 6. The second-order valence-corrected chi connectivity index (χ2v) is 9.41. The fourth-order valence-corrected chi connectivity index (χ4v) is 4.41. The normalized spacial score (nSPS) is 11.4. The molecule has 4 aromatic rings. The average molecular weight is 485 g/mol. The summed E-state index contributed by atoms with van der Waals surface area (Å²) in [5.74, 6) is 0.313. The highest BCUT2D eigenvalue weighted by atomic mass is 32.2. The summed E-state index contributed by atoms with van der Waals surface area (Å²) in [7, 11) is -2.12. The maximum atomic E-state index is 12.0. The van der Waals surface area contributed by atoms with Gasteiger partial charge in [-0.25, -0.2) is 28.3 Å². The van der Waals surface area contributed by atoms with Gasteiger partial charge in [-0.15, -0.1) is 11.3 Å². The monoisotopic (exact) mass is 484 g/mol. The van der Waals surface area contributed by atoms with Crippen molar-refractivity contribution < 1.29 is 13.2 Å². The molecule has 0 fully saturated rings. The number of hydrogen-bond acceptors (Lipinski definition) is 8. The Morgan fingerprint density at radius 3 is 2.67 bits per heavy atom. The molecule has 0 radical (unpaired) electrons. The summed E-state index contributed by atoms with van der Waals surface area (Å²) >= 11 is 1.40. The molecule has 0 unspecified atom stereocenters. The Hall–Kier alpha value is -3.68. The zero-order valence-corrected chi connectivity index (χ0v) is 19.3. The molecule has 13 heteroatoms. The maximum absolute atomic E-state index is 12.0. The van der Waals surface area contributed by atoms with Crippen molar-refractivity contribution in [3.8, 4) is 33.0 Å². The second-order valence-electron chi connectivity index (χ2n) is 6.99. The molecular formula is C20H20N8O3S2. The number of sulfonamides is 1. The predicted molar refractivity (Wildman–Crippen MR) is 125 cm³/mol. The topological polar surface area (TPSA) is 158 Å². The molecule has 4 N–H and O–H groups in total. The van der Waals surface area contributed by atoms with E-state index in [9.17, 15) is 13.2 Å². The Bertz CT molecular complexity index is 1430. The Morgan fingerprint density at radius 1 is 1.15 bits per heavy atom. The molecule has 4 aromatic heterocycles. The molecule has 0 saturated carbocycles. The molecule has 0 saturated heterocycles. The lowest BCUT2D eigenvalue weighted by atomic mass is 10.0. The molecule has 0 aliphatic rings. The van der Waals surface area contributed by atoms with Crippen molar-refractivity contribution in [1.29, 1.82) is 0 Å². The lowest BCUT2D eigenvalue weighted by Crippen LogP contribution is -2.28. The summed E-state index contributed by atoms with van der Waals surface area (Å²) in [4.78, 5) is 24.9. The third kappa shape index (κ3) is 5.05. The molecule has 0 atom stereocenters. The largest absolute Gasteiger partial charge is 0.338 e. The first-order chi connectivity index (χ1) is 15.7. The van der Waals surface area contributed by atoms with Gasteiger partial charge in [-0.3, -0.25) is 15.0 Å². The summed E-state index contributed by atoms with van der Waals surface area (Å²) in [6.45, 7) is 2.27. The number of nitrogens with zero attached hydrogens (tertiary/aromatic N) is 5. The van der Waals surface area contributed by atoms with Crippen molar-refractivity contribution in [3.63, 3.8) is 0 Å². The van der Waals surface area contributed by atoms with Crippen LogP contribution < -0.4 is 15.8 Å².